The lowest BCUT2D eigenvalue weighted by molar-refractivity contribution is -0.161. The van der Waals surface area contributed by atoms with Gasteiger partial charge in [0.05, 0.1) is 11.5 Å². The Morgan fingerprint density at radius 2 is 1.94 bits per heavy atom. The van der Waals surface area contributed by atoms with E-state index in [1.807, 2.05) is 0 Å². The van der Waals surface area contributed by atoms with Gasteiger partial charge in [-0.05, 0) is 32.1 Å². The molecule has 0 aromatic rings. The molecule has 0 N–H and O–H groups in total. The summed E-state index contributed by atoms with van der Waals surface area (Å²) in [7, 11) is 0. The van der Waals surface area contributed by atoms with Crippen LogP contribution in [0.15, 0.2) is 0 Å². The molecule has 2 saturated carbocycles. The average molecular weight is 293 g/mol. The van der Waals surface area contributed by atoms with E-state index in [0.717, 1.165) is 32.1 Å². The van der Waals surface area contributed by atoms with E-state index in [-0.39, 0.29) is 17.8 Å². The number of alkyl halides is 2. The second kappa shape index (κ2) is 6.58. The Morgan fingerprint density at radius 1 is 1.22 bits per heavy atom. The summed E-state index contributed by atoms with van der Waals surface area (Å²) in [4.78, 5) is 12.3. The summed E-state index contributed by atoms with van der Waals surface area (Å²) in [6.45, 7) is 0. The molecule has 2 aliphatic carbocycles. The Balaban J connectivity index is 2.10. The molecule has 2 nitrogen and oxygen atoms in total. The number of ketones is 1. The highest BCUT2D eigenvalue weighted by Gasteiger charge is 2.48. The predicted molar refractivity (Wildman–Crippen MR) is 74.5 cm³/mol. The molecule has 2 unspecified atom stereocenters. The third kappa shape index (κ3) is 3.02. The van der Waals surface area contributed by atoms with Crippen molar-refractivity contribution in [2.45, 2.75) is 74.9 Å². The van der Waals surface area contributed by atoms with Gasteiger partial charge in [0.25, 0.3) is 0 Å². The fourth-order valence-electron chi connectivity index (χ4n) is 3.16. The summed E-state index contributed by atoms with van der Waals surface area (Å²) in [5.74, 6) is 0.444. The van der Waals surface area contributed by atoms with Gasteiger partial charge in [0, 0.05) is 12.3 Å². The zero-order valence-electron chi connectivity index (χ0n) is 10.8. The van der Waals surface area contributed by atoms with Crippen LogP contribution in [-0.2, 0) is 9.53 Å². The highest BCUT2D eigenvalue weighted by Crippen LogP contribution is 2.38. The topological polar surface area (TPSA) is 26.3 Å². The first-order valence-corrected chi connectivity index (χ1v) is 8.07. The number of carbonyl (C=O) groups excluding carboxylic acids is 1. The summed E-state index contributed by atoms with van der Waals surface area (Å²) in [6, 6.07) is 0. The molecule has 18 heavy (non-hydrogen) atoms. The monoisotopic (exact) mass is 292 g/mol. The highest BCUT2D eigenvalue weighted by atomic mass is 35.5. The summed E-state index contributed by atoms with van der Waals surface area (Å²) in [5.41, 5.74) is -0.802. The normalized spacial score (nSPS) is 32.4. The Hall–Kier alpha value is 0.210. The van der Waals surface area contributed by atoms with E-state index in [1.54, 1.807) is 0 Å². The third-order valence-corrected chi connectivity index (χ3v) is 5.22. The maximum atomic E-state index is 12.3. The molecule has 104 valence electrons. The van der Waals surface area contributed by atoms with E-state index in [1.165, 1.54) is 19.3 Å². The van der Waals surface area contributed by atoms with Crippen molar-refractivity contribution in [3.05, 3.63) is 0 Å². The molecule has 0 aliphatic heterocycles. The van der Waals surface area contributed by atoms with Crippen molar-refractivity contribution in [2.24, 2.45) is 0 Å². The lowest BCUT2D eigenvalue weighted by atomic mass is 9.80. The summed E-state index contributed by atoms with van der Waals surface area (Å²) < 4.78 is 6.22. The van der Waals surface area contributed by atoms with Crippen LogP contribution < -0.4 is 0 Å². The van der Waals surface area contributed by atoms with E-state index in [9.17, 15) is 4.79 Å². The Bertz CT molecular complexity index is 290. The second-order valence-corrected chi connectivity index (χ2v) is 6.35. The van der Waals surface area contributed by atoms with Crippen molar-refractivity contribution in [1.29, 1.82) is 0 Å². The molecule has 0 aromatic heterocycles. The van der Waals surface area contributed by atoms with Gasteiger partial charge in [-0.25, -0.2) is 0 Å². The Morgan fingerprint density at radius 3 is 2.56 bits per heavy atom. The van der Waals surface area contributed by atoms with Crippen LogP contribution in [0.1, 0.15) is 57.8 Å². The van der Waals surface area contributed by atoms with Gasteiger partial charge in [-0.3, -0.25) is 4.79 Å². The fraction of sp³-hybridized carbons (Fsp3) is 0.929. The minimum atomic E-state index is -0.802. The van der Waals surface area contributed by atoms with Crippen LogP contribution in [0.5, 0.6) is 0 Å². The van der Waals surface area contributed by atoms with Gasteiger partial charge in [-0.2, -0.15) is 0 Å². The second-order valence-electron chi connectivity index (χ2n) is 5.52. The van der Waals surface area contributed by atoms with Gasteiger partial charge in [-0.1, -0.05) is 19.3 Å². The molecule has 0 aromatic carbocycles. The van der Waals surface area contributed by atoms with Crippen molar-refractivity contribution in [1.82, 2.24) is 0 Å². The van der Waals surface area contributed by atoms with Gasteiger partial charge in [0.2, 0.25) is 0 Å². The number of hydrogen-bond donors (Lipinski definition) is 0. The molecule has 2 fully saturated rings. The average Bonchev–Trinajstić information content (AvgIpc) is 2.41. The Labute approximate surface area is 119 Å². The summed E-state index contributed by atoms with van der Waals surface area (Å²) >= 11 is 12.2. The van der Waals surface area contributed by atoms with Crippen LogP contribution in [0.2, 0.25) is 0 Å². The Kier molecular flexibility index (Phi) is 5.35. The highest BCUT2D eigenvalue weighted by molar-refractivity contribution is 6.30. The first-order chi connectivity index (χ1) is 8.69. The molecule has 0 bridgehead atoms. The minimum absolute atomic E-state index is 0.167. The smallest absolute Gasteiger partial charge is 0.166 e. The van der Waals surface area contributed by atoms with Crippen LogP contribution >= 0.6 is 23.2 Å². The van der Waals surface area contributed by atoms with Crippen molar-refractivity contribution >= 4 is 29.0 Å². The van der Waals surface area contributed by atoms with Crippen LogP contribution in [0.4, 0.5) is 0 Å². The molecule has 4 heteroatoms. The first-order valence-electron chi connectivity index (χ1n) is 7.10. The molecular weight excluding hydrogens is 271 g/mol. The van der Waals surface area contributed by atoms with Crippen LogP contribution in [0, 0.1) is 0 Å². The molecule has 0 heterocycles. The molecular formula is C14H22Cl2O2. The van der Waals surface area contributed by atoms with Gasteiger partial charge < -0.3 is 4.74 Å². The summed E-state index contributed by atoms with van der Waals surface area (Å²) in [6.07, 6.45) is 9.29. The quantitative estimate of drug-likeness (QED) is 0.730. The van der Waals surface area contributed by atoms with E-state index in [0.29, 0.717) is 6.42 Å². The van der Waals surface area contributed by atoms with Crippen LogP contribution in [-0.4, -0.2) is 28.7 Å². The van der Waals surface area contributed by atoms with Crippen LogP contribution in [0.25, 0.3) is 0 Å². The fourth-order valence-corrected chi connectivity index (χ4v) is 3.69. The largest absolute Gasteiger partial charge is 0.362 e. The van der Waals surface area contributed by atoms with Gasteiger partial charge in [-0.15, -0.1) is 23.2 Å². The van der Waals surface area contributed by atoms with E-state index in [4.69, 9.17) is 27.9 Å². The maximum Gasteiger partial charge on any atom is 0.166 e. The maximum absolute atomic E-state index is 12.3. The number of rotatable bonds is 4. The van der Waals surface area contributed by atoms with E-state index >= 15 is 0 Å². The predicted octanol–water partition coefficient (Wildman–Crippen LogP) is 4.06. The summed E-state index contributed by atoms with van der Waals surface area (Å²) in [5, 5.41) is -0.395. The standard InChI is InChI=1S/C14H22Cl2O2/c15-10-12(16)14(9-5-4-8-13(14)17)18-11-6-2-1-3-7-11/h11-12H,1-10H2. The molecule has 2 rings (SSSR count). The van der Waals surface area contributed by atoms with E-state index < -0.39 is 11.0 Å². The number of ether oxygens (including phenoxy) is 1. The number of hydrogen-bond acceptors (Lipinski definition) is 2. The molecule has 0 saturated heterocycles. The molecule has 0 amide bonds. The third-order valence-electron chi connectivity index (χ3n) is 4.24. The first kappa shape index (κ1) is 14.6. The number of Topliss-reactive ketones (excluding diaryl/α,β-unsaturated/α-hetero) is 1. The molecule has 2 aliphatic rings. The zero-order chi connectivity index (χ0) is 13.0. The van der Waals surface area contributed by atoms with E-state index in [2.05, 4.69) is 0 Å². The lowest BCUT2D eigenvalue weighted by Gasteiger charge is -2.42. The number of carbonyl (C=O) groups is 1. The SMILES string of the molecule is O=C1CCCCC1(OC1CCCCC1)C(Cl)CCl. The van der Waals surface area contributed by atoms with Gasteiger partial charge in [0.1, 0.15) is 5.60 Å². The van der Waals surface area contributed by atoms with Crippen molar-refractivity contribution in [3.63, 3.8) is 0 Å². The molecule has 0 radical (unpaired) electrons. The van der Waals surface area contributed by atoms with Crippen molar-refractivity contribution < 1.29 is 9.53 Å². The zero-order valence-corrected chi connectivity index (χ0v) is 12.3. The molecule has 0 spiro atoms. The van der Waals surface area contributed by atoms with Gasteiger partial charge >= 0.3 is 0 Å². The van der Waals surface area contributed by atoms with Gasteiger partial charge in [0.15, 0.2) is 5.78 Å². The van der Waals surface area contributed by atoms with Crippen molar-refractivity contribution in [2.75, 3.05) is 5.88 Å². The van der Waals surface area contributed by atoms with Crippen LogP contribution in [0.3, 0.4) is 0 Å². The number of halogens is 2. The lowest BCUT2D eigenvalue weighted by Crippen LogP contribution is -2.54. The minimum Gasteiger partial charge on any atom is -0.362 e. The molecule has 2 atom stereocenters. The van der Waals surface area contributed by atoms with Crippen molar-refractivity contribution in [3.8, 4) is 0 Å².